The van der Waals surface area contributed by atoms with Gasteiger partial charge in [-0.2, -0.15) is 0 Å². The molecular formula is C9H14ClNO3. The minimum Gasteiger partial charge on any atom is -0.329 e. The van der Waals surface area contributed by atoms with Gasteiger partial charge in [0.05, 0.1) is 0 Å². The number of ether oxygens (including phenoxy) is 3. The molecule has 0 N–H and O–H groups in total. The summed E-state index contributed by atoms with van der Waals surface area (Å²) in [4.78, 5) is 3.78. The quantitative estimate of drug-likeness (QED) is 0.668. The fourth-order valence-electron chi connectivity index (χ4n) is 0.683. The predicted octanol–water partition coefficient (Wildman–Crippen LogP) is 1.81. The van der Waals surface area contributed by atoms with Crippen LogP contribution in [0.1, 0.15) is 6.92 Å². The van der Waals surface area contributed by atoms with Crippen LogP contribution in [0.2, 0.25) is 0 Å². The summed E-state index contributed by atoms with van der Waals surface area (Å²) >= 11 is 0. The van der Waals surface area contributed by atoms with Crippen molar-refractivity contribution in [3.63, 3.8) is 0 Å². The van der Waals surface area contributed by atoms with Gasteiger partial charge in [0.2, 0.25) is 0 Å². The van der Waals surface area contributed by atoms with Crippen LogP contribution >= 0.6 is 12.4 Å². The summed E-state index contributed by atoms with van der Waals surface area (Å²) in [5, 5.41) is 0. The van der Waals surface area contributed by atoms with Crippen LogP contribution in [0, 0.1) is 0 Å². The Kier molecular flexibility index (Phi) is 8.47. The number of pyridine rings is 1. The van der Waals surface area contributed by atoms with Crippen molar-refractivity contribution in [3.05, 3.63) is 30.6 Å². The van der Waals surface area contributed by atoms with Crippen molar-refractivity contribution in [2.24, 2.45) is 0 Å². The molecule has 1 aliphatic rings. The van der Waals surface area contributed by atoms with E-state index in [2.05, 4.69) is 4.98 Å². The maximum atomic E-state index is 4.83. The minimum atomic E-state index is -0.0891. The Morgan fingerprint density at radius 3 is 1.86 bits per heavy atom. The number of hydrogen-bond acceptors (Lipinski definition) is 4. The maximum absolute atomic E-state index is 4.83. The third-order valence-electron chi connectivity index (χ3n) is 1.34. The van der Waals surface area contributed by atoms with E-state index in [4.69, 9.17) is 14.2 Å². The number of hydrogen-bond donors (Lipinski definition) is 0. The SMILES string of the molecule is CC1OCOCO1.Cl.c1ccncc1. The van der Waals surface area contributed by atoms with Gasteiger partial charge >= 0.3 is 0 Å². The summed E-state index contributed by atoms with van der Waals surface area (Å²) in [5.41, 5.74) is 0. The molecule has 5 heteroatoms. The zero-order chi connectivity index (χ0) is 9.36. The van der Waals surface area contributed by atoms with Crippen LogP contribution < -0.4 is 0 Å². The second kappa shape index (κ2) is 8.90. The van der Waals surface area contributed by atoms with Crippen molar-refractivity contribution in [3.8, 4) is 0 Å². The zero-order valence-corrected chi connectivity index (χ0v) is 8.78. The highest BCUT2D eigenvalue weighted by atomic mass is 35.5. The van der Waals surface area contributed by atoms with Crippen molar-refractivity contribution >= 4 is 12.4 Å². The van der Waals surface area contributed by atoms with Gasteiger partial charge in [-0.3, -0.25) is 4.98 Å². The van der Waals surface area contributed by atoms with Crippen molar-refractivity contribution in [2.45, 2.75) is 13.2 Å². The van der Waals surface area contributed by atoms with Gasteiger partial charge < -0.3 is 14.2 Å². The molecule has 2 heterocycles. The lowest BCUT2D eigenvalue weighted by Crippen LogP contribution is -2.23. The van der Waals surface area contributed by atoms with Crippen LogP contribution in [0.25, 0.3) is 0 Å². The Hall–Kier alpha value is -0.680. The van der Waals surface area contributed by atoms with Crippen molar-refractivity contribution in [1.29, 1.82) is 0 Å². The predicted molar refractivity (Wildman–Crippen MR) is 53.9 cm³/mol. The molecule has 0 saturated carbocycles. The van der Waals surface area contributed by atoms with E-state index in [0.29, 0.717) is 13.6 Å². The number of rotatable bonds is 0. The molecule has 0 atom stereocenters. The van der Waals surface area contributed by atoms with E-state index >= 15 is 0 Å². The van der Waals surface area contributed by atoms with E-state index < -0.39 is 0 Å². The lowest BCUT2D eigenvalue weighted by Gasteiger charge is -2.18. The molecule has 80 valence electrons. The van der Waals surface area contributed by atoms with Crippen LogP contribution in [-0.2, 0) is 14.2 Å². The van der Waals surface area contributed by atoms with Crippen LogP contribution in [0.4, 0.5) is 0 Å². The fourth-order valence-corrected chi connectivity index (χ4v) is 0.683. The van der Waals surface area contributed by atoms with Crippen LogP contribution in [-0.4, -0.2) is 24.9 Å². The number of aromatic nitrogens is 1. The third-order valence-corrected chi connectivity index (χ3v) is 1.34. The summed E-state index contributed by atoms with van der Waals surface area (Å²) in [5.74, 6) is 0. The molecule has 1 aromatic rings. The molecular weight excluding hydrogens is 206 g/mol. The second-order valence-corrected chi connectivity index (χ2v) is 2.37. The molecule has 0 amide bonds. The molecule has 0 radical (unpaired) electrons. The van der Waals surface area contributed by atoms with Gasteiger partial charge in [0.25, 0.3) is 0 Å². The Morgan fingerprint density at radius 1 is 1.07 bits per heavy atom. The smallest absolute Gasteiger partial charge is 0.160 e. The zero-order valence-electron chi connectivity index (χ0n) is 7.96. The molecule has 0 bridgehead atoms. The molecule has 0 aliphatic carbocycles. The van der Waals surface area contributed by atoms with Gasteiger partial charge in [0.1, 0.15) is 0 Å². The molecule has 4 nitrogen and oxygen atoms in total. The molecule has 0 aromatic carbocycles. The van der Waals surface area contributed by atoms with E-state index in [1.807, 2.05) is 25.1 Å². The summed E-state index contributed by atoms with van der Waals surface area (Å²) in [6.45, 7) is 2.56. The average molecular weight is 220 g/mol. The molecule has 14 heavy (non-hydrogen) atoms. The molecule has 1 saturated heterocycles. The number of halogens is 1. The van der Waals surface area contributed by atoms with E-state index in [1.165, 1.54) is 0 Å². The monoisotopic (exact) mass is 219 g/mol. The summed E-state index contributed by atoms with van der Waals surface area (Å²) in [6, 6.07) is 5.72. The highest BCUT2D eigenvalue weighted by Gasteiger charge is 2.05. The maximum Gasteiger partial charge on any atom is 0.160 e. The molecule has 1 fully saturated rings. The van der Waals surface area contributed by atoms with Gasteiger partial charge in [0.15, 0.2) is 19.9 Å². The minimum absolute atomic E-state index is 0. The highest BCUT2D eigenvalue weighted by Crippen LogP contribution is 1.98. The summed E-state index contributed by atoms with van der Waals surface area (Å²) in [6.07, 6.45) is 3.41. The van der Waals surface area contributed by atoms with Crippen LogP contribution in [0.3, 0.4) is 0 Å². The van der Waals surface area contributed by atoms with Gasteiger partial charge in [-0.15, -0.1) is 12.4 Å². The Balaban J connectivity index is 0.000000227. The summed E-state index contributed by atoms with van der Waals surface area (Å²) in [7, 11) is 0. The van der Waals surface area contributed by atoms with Gasteiger partial charge in [-0.25, -0.2) is 0 Å². The van der Waals surface area contributed by atoms with Crippen LogP contribution in [0.5, 0.6) is 0 Å². The van der Waals surface area contributed by atoms with Crippen molar-refractivity contribution in [1.82, 2.24) is 4.98 Å². The Labute approximate surface area is 89.6 Å². The average Bonchev–Trinajstić information content (AvgIpc) is 2.22. The Morgan fingerprint density at radius 2 is 1.64 bits per heavy atom. The van der Waals surface area contributed by atoms with Gasteiger partial charge in [0, 0.05) is 12.4 Å². The van der Waals surface area contributed by atoms with Crippen molar-refractivity contribution in [2.75, 3.05) is 13.6 Å². The normalized spacial score (nSPS) is 16.1. The third kappa shape index (κ3) is 6.80. The first-order valence-electron chi connectivity index (χ1n) is 4.05. The highest BCUT2D eigenvalue weighted by molar-refractivity contribution is 5.85. The molecule has 1 aliphatic heterocycles. The second-order valence-electron chi connectivity index (χ2n) is 2.37. The molecule has 2 rings (SSSR count). The Bertz CT molecular complexity index is 178. The van der Waals surface area contributed by atoms with E-state index in [-0.39, 0.29) is 18.7 Å². The van der Waals surface area contributed by atoms with E-state index in [0.717, 1.165) is 0 Å². The van der Waals surface area contributed by atoms with Crippen molar-refractivity contribution < 1.29 is 14.2 Å². The van der Waals surface area contributed by atoms with E-state index in [1.54, 1.807) is 12.4 Å². The summed E-state index contributed by atoms with van der Waals surface area (Å²) < 4.78 is 14.4. The lowest BCUT2D eigenvalue weighted by molar-refractivity contribution is -0.291. The first-order chi connectivity index (χ1) is 6.39. The molecule has 0 unspecified atom stereocenters. The standard InChI is InChI=1S/C5H5N.C4H8O3.ClH/c1-2-4-6-5-3-1;1-4-6-2-5-3-7-4;/h1-5H;4H,2-3H2,1H3;1H. The largest absolute Gasteiger partial charge is 0.329 e. The number of nitrogens with zero attached hydrogens (tertiary/aromatic N) is 1. The van der Waals surface area contributed by atoms with Crippen LogP contribution in [0.15, 0.2) is 30.6 Å². The molecule has 1 aromatic heterocycles. The first-order valence-corrected chi connectivity index (χ1v) is 4.05. The molecule has 0 spiro atoms. The first kappa shape index (κ1) is 13.3. The van der Waals surface area contributed by atoms with Gasteiger partial charge in [-0.1, -0.05) is 6.07 Å². The van der Waals surface area contributed by atoms with Gasteiger partial charge in [-0.05, 0) is 19.1 Å². The lowest BCUT2D eigenvalue weighted by atomic mass is 10.5. The van der Waals surface area contributed by atoms with E-state index in [9.17, 15) is 0 Å². The topological polar surface area (TPSA) is 40.6 Å². The fraction of sp³-hybridized carbons (Fsp3) is 0.444.